The van der Waals surface area contributed by atoms with Gasteiger partial charge in [-0.25, -0.2) is 4.79 Å². The second kappa shape index (κ2) is 5.82. The van der Waals surface area contributed by atoms with E-state index in [0.717, 1.165) is 0 Å². The predicted molar refractivity (Wildman–Crippen MR) is 66.8 cm³/mol. The van der Waals surface area contributed by atoms with Crippen molar-refractivity contribution in [3.8, 4) is 5.75 Å². The molecule has 1 amide bonds. The first-order chi connectivity index (χ1) is 7.95. The molecule has 7 heteroatoms. The summed E-state index contributed by atoms with van der Waals surface area (Å²) >= 11 is 1.89. The van der Waals surface area contributed by atoms with Gasteiger partial charge in [0.15, 0.2) is 6.04 Å². The van der Waals surface area contributed by atoms with E-state index >= 15 is 0 Å². The fraction of sp³-hybridized carbons (Fsp3) is 0.200. The lowest BCUT2D eigenvalue weighted by Crippen LogP contribution is -2.43. The summed E-state index contributed by atoms with van der Waals surface area (Å²) in [5.41, 5.74) is 0.127. The van der Waals surface area contributed by atoms with Gasteiger partial charge in [-0.3, -0.25) is 4.79 Å². The maximum atomic E-state index is 11.6. The van der Waals surface area contributed by atoms with Gasteiger partial charge in [-0.05, 0) is 40.8 Å². The molecule has 0 unspecified atom stereocenters. The second-order valence-corrected chi connectivity index (χ2v) is 4.38. The van der Waals surface area contributed by atoms with Crippen molar-refractivity contribution < 1.29 is 24.9 Å². The number of halogens is 1. The van der Waals surface area contributed by atoms with E-state index in [1.807, 2.05) is 22.6 Å². The molecule has 0 saturated heterocycles. The molecule has 0 radical (unpaired) electrons. The van der Waals surface area contributed by atoms with Crippen LogP contribution in [0.5, 0.6) is 5.75 Å². The number of nitrogens with one attached hydrogen (secondary N) is 1. The molecule has 17 heavy (non-hydrogen) atoms. The molecule has 1 atom stereocenters. The van der Waals surface area contributed by atoms with Gasteiger partial charge in [0, 0.05) is 5.56 Å². The summed E-state index contributed by atoms with van der Waals surface area (Å²) in [5.74, 6) is -2.05. The number of aliphatic hydroxyl groups excluding tert-OH is 1. The summed E-state index contributed by atoms with van der Waals surface area (Å²) in [6.07, 6.45) is 0. The van der Waals surface area contributed by atoms with E-state index in [2.05, 4.69) is 5.32 Å². The molecule has 0 heterocycles. The number of rotatable bonds is 4. The minimum Gasteiger partial charge on any atom is -0.507 e. The molecule has 4 N–H and O–H groups in total. The van der Waals surface area contributed by atoms with Crippen LogP contribution in [0.25, 0.3) is 0 Å². The van der Waals surface area contributed by atoms with E-state index in [1.54, 1.807) is 0 Å². The number of benzene rings is 1. The average molecular weight is 351 g/mol. The van der Waals surface area contributed by atoms with Crippen LogP contribution < -0.4 is 5.32 Å². The number of carbonyl (C=O) groups excluding carboxylic acids is 1. The molecule has 1 aromatic carbocycles. The lowest BCUT2D eigenvalue weighted by molar-refractivity contribution is -0.140. The number of carboxylic acids is 1. The number of phenolic OH excluding ortho intramolecular Hbond substituents is 1. The normalized spacial score (nSPS) is 11.9. The fourth-order valence-electron chi connectivity index (χ4n) is 1.08. The van der Waals surface area contributed by atoms with Crippen molar-refractivity contribution in [3.63, 3.8) is 0 Å². The Labute approximate surface area is 110 Å². The lowest BCUT2D eigenvalue weighted by atomic mass is 10.2. The van der Waals surface area contributed by atoms with E-state index in [0.29, 0.717) is 3.57 Å². The molecular weight excluding hydrogens is 341 g/mol. The maximum absolute atomic E-state index is 11.6. The van der Waals surface area contributed by atoms with E-state index in [-0.39, 0.29) is 11.3 Å². The molecule has 0 spiro atoms. The molecule has 6 nitrogen and oxygen atoms in total. The minimum absolute atomic E-state index is 0.0610. The monoisotopic (exact) mass is 351 g/mol. The molecule has 0 bridgehead atoms. The second-order valence-electron chi connectivity index (χ2n) is 3.21. The molecular formula is C10H10INO5. The van der Waals surface area contributed by atoms with Crippen LogP contribution in [0.3, 0.4) is 0 Å². The summed E-state index contributed by atoms with van der Waals surface area (Å²) in [6.45, 7) is -0.697. The van der Waals surface area contributed by atoms with E-state index in [1.165, 1.54) is 18.2 Å². The quantitative estimate of drug-likeness (QED) is 0.579. The van der Waals surface area contributed by atoms with Gasteiger partial charge in [0.1, 0.15) is 5.75 Å². The lowest BCUT2D eigenvalue weighted by Gasteiger charge is -2.11. The SMILES string of the molecule is O=C(N[C@@H](CO)C(=O)O)c1ccc(I)c(O)c1. The number of hydrogen-bond acceptors (Lipinski definition) is 4. The third-order valence-corrected chi connectivity index (χ3v) is 2.91. The molecule has 92 valence electrons. The maximum Gasteiger partial charge on any atom is 0.328 e. The van der Waals surface area contributed by atoms with Crippen molar-refractivity contribution in [1.82, 2.24) is 5.32 Å². The highest BCUT2D eigenvalue weighted by Crippen LogP contribution is 2.20. The Balaban J connectivity index is 2.82. The average Bonchev–Trinajstić information content (AvgIpc) is 2.28. The number of carbonyl (C=O) groups is 2. The molecule has 0 aliphatic rings. The van der Waals surface area contributed by atoms with Gasteiger partial charge in [-0.15, -0.1) is 0 Å². The zero-order valence-electron chi connectivity index (χ0n) is 8.55. The Bertz CT molecular complexity index is 448. The van der Waals surface area contributed by atoms with Gasteiger partial charge in [0.25, 0.3) is 5.91 Å². The summed E-state index contributed by atoms with van der Waals surface area (Å²) in [7, 11) is 0. The third kappa shape index (κ3) is 3.56. The molecule has 0 aromatic heterocycles. The van der Waals surface area contributed by atoms with Crippen molar-refractivity contribution in [1.29, 1.82) is 0 Å². The zero-order valence-corrected chi connectivity index (χ0v) is 10.7. The Morgan fingerprint density at radius 3 is 2.53 bits per heavy atom. The fourth-order valence-corrected chi connectivity index (χ4v) is 1.42. The van der Waals surface area contributed by atoms with E-state index in [4.69, 9.17) is 10.2 Å². The number of amides is 1. The number of aliphatic hydroxyl groups is 1. The largest absolute Gasteiger partial charge is 0.507 e. The van der Waals surface area contributed by atoms with Crippen molar-refractivity contribution in [3.05, 3.63) is 27.3 Å². The summed E-state index contributed by atoms with van der Waals surface area (Å²) < 4.78 is 0.580. The first-order valence-corrected chi connectivity index (χ1v) is 5.66. The van der Waals surface area contributed by atoms with E-state index < -0.39 is 24.5 Å². The van der Waals surface area contributed by atoms with Crippen LogP contribution in [-0.4, -0.2) is 39.8 Å². The Morgan fingerprint density at radius 1 is 1.41 bits per heavy atom. The predicted octanol–water partition coefficient (Wildman–Crippen LogP) is 0.172. The van der Waals surface area contributed by atoms with Crippen molar-refractivity contribution in [2.75, 3.05) is 6.61 Å². The van der Waals surface area contributed by atoms with E-state index in [9.17, 15) is 14.7 Å². The van der Waals surface area contributed by atoms with Crippen LogP contribution in [-0.2, 0) is 4.79 Å². The molecule has 0 fully saturated rings. The van der Waals surface area contributed by atoms with Crippen LogP contribution in [0, 0.1) is 3.57 Å². The highest BCUT2D eigenvalue weighted by atomic mass is 127. The summed E-state index contributed by atoms with van der Waals surface area (Å²) in [4.78, 5) is 22.2. The number of phenols is 1. The van der Waals surface area contributed by atoms with Gasteiger partial charge in [-0.2, -0.15) is 0 Å². The van der Waals surface area contributed by atoms with Crippen LogP contribution in [0.1, 0.15) is 10.4 Å². The van der Waals surface area contributed by atoms with Crippen LogP contribution in [0.15, 0.2) is 18.2 Å². The molecule has 0 saturated carbocycles. The van der Waals surface area contributed by atoms with Gasteiger partial charge < -0.3 is 20.6 Å². The number of carboxylic acid groups (broad SMARTS) is 1. The Hall–Kier alpha value is -1.35. The van der Waals surface area contributed by atoms with Gasteiger partial charge in [0.05, 0.1) is 10.2 Å². The highest BCUT2D eigenvalue weighted by Gasteiger charge is 2.19. The Kier molecular flexibility index (Phi) is 4.70. The first-order valence-electron chi connectivity index (χ1n) is 4.58. The summed E-state index contributed by atoms with van der Waals surface area (Å²) in [5, 5.41) is 28.9. The minimum atomic E-state index is -1.36. The summed E-state index contributed by atoms with van der Waals surface area (Å²) in [6, 6.07) is 2.85. The molecule has 0 aliphatic heterocycles. The smallest absolute Gasteiger partial charge is 0.328 e. The molecule has 1 aromatic rings. The number of aromatic hydroxyl groups is 1. The topological polar surface area (TPSA) is 107 Å². The van der Waals surface area contributed by atoms with Gasteiger partial charge in [0.2, 0.25) is 0 Å². The van der Waals surface area contributed by atoms with Crippen LogP contribution in [0.4, 0.5) is 0 Å². The van der Waals surface area contributed by atoms with Crippen LogP contribution >= 0.6 is 22.6 Å². The van der Waals surface area contributed by atoms with Crippen molar-refractivity contribution in [2.24, 2.45) is 0 Å². The Morgan fingerprint density at radius 2 is 2.06 bits per heavy atom. The third-order valence-electron chi connectivity index (χ3n) is 1.99. The van der Waals surface area contributed by atoms with Crippen molar-refractivity contribution >= 4 is 34.5 Å². The van der Waals surface area contributed by atoms with Crippen LogP contribution in [0.2, 0.25) is 0 Å². The highest BCUT2D eigenvalue weighted by molar-refractivity contribution is 14.1. The standard InChI is InChI=1S/C10H10INO5/c11-6-2-1-5(3-8(6)14)9(15)12-7(4-13)10(16)17/h1-3,7,13-14H,4H2,(H,12,15)(H,16,17)/t7-/m0/s1. The zero-order chi connectivity index (χ0) is 13.0. The number of hydrogen-bond donors (Lipinski definition) is 4. The first kappa shape index (κ1) is 13.7. The number of aliphatic carboxylic acids is 1. The molecule has 0 aliphatic carbocycles. The van der Waals surface area contributed by atoms with Gasteiger partial charge >= 0.3 is 5.97 Å². The van der Waals surface area contributed by atoms with Gasteiger partial charge in [-0.1, -0.05) is 0 Å². The molecule has 1 rings (SSSR count). The van der Waals surface area contributed by atoms with Crippen molar-refractivity contribution in [2.45, 2.75) is 6.04 Å².